The molecule has 1 heteroatoms. The summed E-state index contributed by atoms with van der Waals surface area (Å²) in [6.45, 7) is 10.7. The molecule has 0 aliphatic rings. The third kappa shape index (κ3) is 72.5. The molecule has 0 saturated heterocycles. The minimum Gasteiger partial charge on any atom is -0.245 e. The number of allylic oxidation sites excluding steroid dienone is 4. The molecule has 0 aromatic carbocycles. The minimum atomic E-state index is 0. The van der Waals surface area contributed by atoms with Crippen LogP contribution in [-0.2, 0) is 0 Å². The molecule has 0 aromatic rings. The molecule has 0 radical (unpaired) electrons. The van der Waals surface area contributed by atoms with Crippen LogP contribution in [0.2, 0.25) is 0 Å². The van der Waals surface area contributed by atoms with Crippen molar-refractivity contribution in [1.29, 1.82) is 0 Å². The molecule has 0 aliphatic carbocycles. The molecule has 0 aliphatic heterocycles. The predicted molar refractivity (Wildman–Crippen MR) is 46.1 cm³/mol. The Morgan fingerprint density at radius 1 is 0.889 bits per heavy atom. The zero-order valence-corrected chi connectivity index (χ0v) is 7.84. The first-order valence-corrected chi connectivity index (χ1v) is 2.64. The molecule has 0 aromatic heterocycles. The third-order valence-electron chi connectivity index (χ3n) is 0.471. The van der Waals surface area contributed by atoms with Crippen molar-refractivity contribution < 1.29 is 0 Å². The molecule has 9 heavy (non-hydrogen) atoms. The van der Waals surface area contributed by atoms with Crippen molar-refractivity contribution in [2.24, 2.45) is 0 Å². The van der Waals surface area contributed by atoms with E-state index in [1.165, 1.54) is 0 Å². The Morgan fingerprint density at radius 3 is 1.00 bits per heavy atom. The molecular formula is C8H14Mg. The zero-order valence-electron chi connectivity index (χ0n) is 6.43. The van der Waals surface area contributed by atoms with E-state index in [1.807, 2.05) is 26.0 Å². The van der Waals surface area contributed by atoms with Gasteiger partial charge in [-0.3, -0.25) is 0 Å². The van der Waals surface area contributed by atoms with Crippen LogP contribution in [0.5, 0.6) is 0 Å². The fraction of sp³-hybridized carbons (Fsp3) is 0.250. The first kappa shape index (κ1) is 16.0. The van der Waals surface area contributed by atoms with E-state index in [1.54, 1.807) is 12.2 Å². The SMILES string of the molecule is [CH2-]C=CC.[CH2-]C=CC.[Mg+2]. The van der Waals surface area contributed by atoms with Crippen molar-refractivity contribution in [3.05, 3.63) is 38.2 Å². The average Bonchev–Trinajstić information content (AvgIpc) is 1.88. The molecule has 0 N–H and O–H groups in total. The molecule has 0 atom stereocenters. The van der Waals surface area contributed by atoms with E-state index in [2.05, 4.69) is 13.8 Å². The summed E-state index contributed by atoms with van der Waals surface area (Å²) in [5.41, 5.74) is 0. The molecule has 0 bridgehead atoms. The molecule has 0 amide bonds. The average molecular weight is 135 g/mol. The van der Waals surface area contributed by atoms with Gasteiger partial charge in [0, 0.05) is 0 Å². The van der Waals surface area contributed by atoms with Gasteiger partial charge in [-0.1, -0.05) is 0 Å². The monoisotopic (exact) mass is 134 g/mol. The van der Waals surface area contributed by atoms with Crippen LogP contribution in [0.1, 0.15) is 13.8 Å². The maximum atomic E-state index is 3.42. The van der Waals surface area contributed by atoms with Crippen molar-refractivity contribution in [3.8, 4) is 0 Å². The molecule has 48 valence electrons. The maximum absolute atomic E-state index is 3.42. The summed E-state index contributed by atoms with van der Waals surface area (Å²) in [6.07, 6.45) is 7.28. The Balaban J connectivity index is -0.0000000720. The molecule has 0 heterocycles. The maximum Gasteiger partial charge on any atom is 2.00 e. The molecule has 0 nitrogen and oxygen atoms in total. The van der Waals surface area contributed by atoms with E-state index in [0.717, 1.165) is 0 Å². The Labute approximate surface area is 75.2 Å². The van der Waals surface area contributed by atoms with E-state index in [9.17, 15) is 0 Å². The number of hydrogen-bond donors (Lipinski definition) is 0. The van der Waals surface area contributed by atoms with Gasteiger partial charge in [-0.25, -0.2) is 38.2 Å². The molecule has 0 spiro atoms. The van der Waals surface area contributed by atoms with Crippen molar-refractivity contribution in [2.45, 2.75) is 13.8 Å². The zero-order chi connectivity index (χ0) is 6.83. The van der Waals surface area contributed by atoms with Crippen LogP contribution in [0.15, 0.2) is 24.3 Å². The second kappa shape index (κ2) is 24.5. The second-order valence-corrected chi connectivity index (χ2v) is 1.14. The van der Waals surface area contributed by atoms with Crippen LogP contribution in [0.4, 0.5) is 0 Å². The van der Waals surface area contributed by atoms with Crippen LogP contribution < -0.4 is 0 Å². The van der Waals surface area contributed by atoms with Gasteiger partial charge in [0.1, 0.15) is 0 Å². The standard InChI is InChI=1S/2C4H7.Mg/c2*1-3-4-2;/h2*3-4H,1H2,2H3;/q2*-1;+2. The summed E-state index contributed by atoms with van der Waals surface area (Å²) in [7, 11) is 0. The van der Waals surface area contributed by atoms with Gasteiger partial charge in [-0.05, 0) is 0 Å². The van der Waals surface area contributed by atoms with Gasteiger partial charge in [0.15, 0.2) is 0 Å². The van der Waals surface area contributed by atoms with Crippen molar-refractivity contribution >= 4 is 23.1 Å². The third-order valence-corrected chi connectivity index (χ3v) is 0.471. The van der Waals surface area contributed by atoms with Gasteiger partial charge in [-0.2, -0.15) is 0 Å². The van der Waals surface area contributed by atoms with Gasteiger partial charge in [0.2, 0.25) is 0 Å². The van der Waals surface area contributed by atoms with E-state index < -0.39 is 0 Å². The predicted octanol–water partition coefficient (Wildman–Crippen LogP) is 2.41. The summed E-state index contributed by atoms with van der Waals surface area (Å²) >= 11 is 0. The van der Waals surface area contributed by atoms with Crippen LogP contribution in [-0.4, -0.2) is 23.1 Å². The van der Waals surface area contributed by atoms with Crippen molar-refractivity contribution in [1.82, 2.24) is 0 Å². The van der Waals surface area contributed by atoms with Crippen LogP contribution in [0.25, 0.3) is 0 Å². The van der Waals surface area contributed by atoms with E-state index in [-0.39, 0.29) is 23.1 Å². The van der Waals surface area contributed by atoms with Gasteiger partial charge < -0.3 is 0 Å². The van der Waals surface area contributed by atoms with Crippen LogP contribution in [0.3, 0.4) is 0 Å². The van der Waals surface area contributed by atoms with Gasteiger partial charge in [0.05, 0.1) is 0 Å². The molecule has 0 rings (SSSR count). The molecule has 0 fully saturated rings. The Hall–Kier alpha value is -0.0138. The Bertz CT molecular complexity index is 45.0. The summed E-state index contributed by atoms with van der Waals surface area (Å²) < 4.78 is 0. The summed E-state index contributed by atoms with van der Waals surface area (Å²) in [5.74, 6) is 0. The normalized spacial score (nSPS) is 8.22. The molecule has 0 unspecified atom stereocenters. The summed E-state index contributed by atoms with van der Waals surface area (Å²) in [4.78, 5) is 0. The molecular weight excluding hydrogens is 120 g/mol. The fourth-order valence-corrected chi connectivity index (χ4v) is 0. The van der Waals surface area contributed by atoms with E-state index >= 15 is 0 Å². The first-order chi connectivity index (χ1) is 3.83. The number of rotatable bonds is 0. The molecule has 0 saturated carbocycles. The topological polar surface area (TPSA) is 0 Å². The smallest absolute Gasteiger partial charge is 0.245 e. The van der Waals surface area contributed by atoms with E-state index in [0.29, 0.717) is 0 Å². The van der Waals surface area contributed by atoms with Crippen LogP contribution in [0, 0.1) is 13.8 Å². The van der Waals surface area contributed by atoms with Crippen molar-refractivity contribution in [3.63, 3.8) is 0 Å². The second-order valence-electron chi connectivity index (χ2n) is 1.14. The van der Waals surface area contributed by atoms with E-state index in [4.69, 9.17) is 0 Å². The summed E-state index contributed by atoms with van der Waals surface area (Å²) in [6, 6.07) is 0. The largest absolute Gasteiger partial charge is 2.00 e. The fourth-order valence-electron chi connectivity index (χ4n) is 0. The number of hydrogen-bond acceptors (Lipinski definition) is 0. The van der Waals surface area contributed by atoms with Crippen molar-refractivity contribution in [2.75, 3.05) is 0 Å². The quantitative estimate of drug-likeness (QED) is 0.353. The first-order valence-electron chi connectivity index (χ1n) is 2.64. The van der Waals surface area contributed by atoms with Gasteiger partial charge in [-0.15, -0.1) is 13.8 Å². The van der Waals surface area contributed by atoms with Crippen LogP contribution >= 0.6 is 0 Å². The van der Waals surface area contributed by atoms with Gasteiger partial charge >= 0.3 is 23.1 Å². The Morgan fingerprint density at radius 2 is 1.00 bits per heavy atom. The minimum absolute atomic E-state index is 0. The van der Waals surface area contributed by atoms with Gasteiger partial charge in [0.25, 0.3) is 0 Å². The Kier molecular flexibility index (Phi) is 43.6. The summed E-state index contributed by atoms with van der Waals surface area (Å²) in [5, 5.41) is 0.